The highest BCUT2D eigenvalue weighted by molar-refractivity contribution is 5.81. The minimum Gasteiger partial charge on any atom is -0.465 e. The molecule has 0 fully saturated rings. The molecule has 4 nitrogen and oxygen atoms in total. The van der Waals surface area contributed by atoms with Gasteiger partial charge in [0, 0.05) is 0 Å². The van der Waals surface area contributed by atoms with Crippen LogP contribution in [0.15, 0.2) is 0 Å². The predicted molar refractivity (Wildman–Crippen MR) is 70.1 cm³/mol. The third-order valence-electron chi connectivity index (χ3n) is 2.98. The molecule has 2 atom stereocenters. The van der Waals surface area contributed by atoms with E-state index in [4.69, 9.17) is 9.47 Å². The van der Waals surface area contributed by atoms with E-state index in [-0.39, 0.29) is 11.9 Å². The van der Waals surface area contributed by atoms with E-state index in [0.717, 1.165) is 25.7 Å². The molecule has 0 aliphatic carbocycles. The summed E-state index contributed by atoms with van der Waals surface area (Å²) in [5.41, 5.74) is 0. The summed E-state index contributed by atoms with van der Waals surface area (Å²) in [5, 5.41) is 0. The first-order chi connectivity index (χ1) is 8.54. The third-order valence-corrected chi connectivity index (χ3v) is 2.98. The molecule has 0 aromatic rings. The second-order valence-electron chi connectivity index (χ2n) is 4.62. The monoisotopic (exact) mass is 258 g/mol. The number of hydrogen-bond donors (Lipinski definition) is 0. The van der Waals surface area contributed by atoms with Crippen molar-refractivity contribution >= 4 is 11.9 Å². The molecule has 106 valence electrons. The summed E-state index contributed by atoms with van der Waals surface area (Å²) in [6.45, 7) is 8.34. The molecule has 0 aliphatic heterocycles. The Labute approximate surface area is 110 Å². The quantitative estimate of drug-likeness (QED) is 0.471. The van der Waals surface area contributed by atoms with E-state index in [0.29, 0.717) is 13.2 Å². The smallest absolute Gasteiger partial charge is 0.309 e. The summed E-state index contributed by atoms with van der Waals surface area (Å²) in [6, 6.07) is 0. The molecule has 0 aliphatic rings. The lowest BCUT2D eigenvalue weighted by molar-refractivity contribution is -0.159. The van der Waals surface area contributed by atoms with Crippen LogP contribution in [0, 0.1) is 11.8 Å². The molecule has 0 N–H and O–H groups in total. The fourth-order valence-corrected chi connectivity index (χ4v) is 1.31. The maximum absolute atomic E-state index is 11.7. The minimum atomic E-state index is -0.448. The fraction of sp³-hybridized carbons (Fsp3) is 0.857. The van der Waals surface area contributed by atoms with Gasteiger partial charge in [-0.05, 0) is 12.8 Å². The standard InChI is InChI=1S/C14H26O4/c1-5-7-9-17-13(15)11(3)12(4)14(16)18-10-8-6-2/h11-12H,5-10H2,1-4H3. The van der Waals surface area contributed by atoms with Crippen molar-refractivity contribution in [2.45, 2.75) is 53.4 Å². The molecular weight excluding hydrogens is 232 g/mol. The number of unbranched alkanes of at least 4 members (excludes halogenated alkanes) is 2. The molecule has 18 heavy (non-hydrogen) atoms. The first kappa shape index (κ1) is 16.9. The van der Waals surface area contributed by atoms with E-state index in [1.54, 1.807) is 13.8 Å². The normalized spacial score (nSPS) is 13.8. The van der Waals surface area contributed by atoms with Gasteiger partial charge in [0.05, 0.1) is 25.0 Å². The van der Waals surface area contributed by atoms with Crippen LogP contribution in [0.1, 0.15) is 53.4 Å². The van der Waals surface area contributed by atoms with Crippen molar-refractivity contribution in [2.75, 3.05) is 13.2 Å². The minimum absolute atomic E-state index is 0.316. The first-order valence-corrected chi connectivity index (χ1v) is 6.87. The van der Waals surface area contributed by atoms with Crippen LogP contribution in [0.25, 0.3) is 0 Å². The highest BCUT2D eigenvalue weighted by atomic mass is 16.5. The Hall–Kier alpha value is -1.06. The molecule has 0 radical (unpaired) electrons. The largest absolute Gasteiger partial charge is 0.465 e. The van der Waals surface area contributed by atoms with Crippen molar-refractivity contribution in [3.05, 3.63) is 0 Å². The Kier molecular flexibility index (Phi) is 9.33. The van der Waals surface area contributed by atoms with Gasteiger partial charge in [-0.2, -0.15) is 0 Å². The van der Waals surface area contributed by atoms with Crippen LogP contribution in [0.4, 0.5) is 0 Å². The summed E-state index contributed by atoms with van der Waals surface area (Å²) in [5.74, 6) is -1.53. The number of carbonyl (C=O) groups is 2. The van der Waals surface area contributed by atoms with Gasteiger partial charge >= 0.3 is 11.9 Å². The van der Waals surface area contributed by atoms with E-state index < -0.39 is 11.8 Å². The van der Waals surface area contributed by atoms with Crippen molar-refractivity contribution in [1.29, 1.82) is 0 Å². The van der Waals surface area contributed by atoms with Crippen LogP contribution in [-0.4, -0.2) is 25.2 Å². The molecule has 0 bridgehead atoms. The zero-order valence-corrected chi connectivity index (χ0v) is 12.0. The molecule has 0 spiro atoms. The highest BCUT2D eigenvalue weighted by Gasteiger charge is 2.28. The molecule has 0 saturated heterocycles. The highest BCUT2D eigenvalue weighted by Crippen LogP contribution is 2.15. The van der Waals surface area contributed by atoms with Gasteiger partial charge in [0.25, 0.3) is 0 Å². The van der Waals surface area contributed by atoms with Crippen molar-refractivity contribution in [2.24, 2.45) is 11.8 Å². The molecule has 0 aromatic carbocycles. The summed E-state index contributed by atoms with van der Waals surface area (Å²) in [6.07, 6.45) is 3.67. The van der Waals surface area contributed by atoms with Gasteiger partial charge in [-0.1, -0.05) is 40.5 Å². The third kappa shape index (κ3) is 6.62. The predicted octanol–water partition coefficient (Wildman–Crippen LogP) is 2.95. The number of esters is 2. The number of carbonyl (C=O) groups excluding carboxylic acids is 2. The van der Waals surface area contributed by atoms with Gasteiger partial charge in [0.1, 0.15) is 0 Å². The van der Waals surface area contributed by atoms with Gasteiger partial charge in [-0.15, -0.1) is 0 Å². The lowest BCUT2D eigenvalue weighted by atomic mass is 9.96. The van der Waals surface area contributed by atoms with Gasteiger partial charge in [0.15, 0.2) is 0 Å². The maximum atomic E-state index is 11.7. The zero-order chi connectivity index (χ0) is 14.0. The van der Waals surface area contributed by atoms with Crippen molar-refractivity contribution in [1.82, 2.24) is 0 Å². The number of hydrogen-bond acceptors (Lipinski definition) is 4. The van der Waals surface area contributed by atoms with Crippen LogP contribution < -0.4 is 0 Å². The van der Waals surface area contributed by atoms with Crippen molar-refractivity contribution in [3.8, 4) is 0 Å². The molecule has 0 saturated carbocycles. The van der Waals surface area contributed by atoms with Crippen LogP contribution >= 0.6 is 0 Å². The van der Waals surface area contributed by atoms with E-state index in [2.05, 4.69) is 0 Å². The first-order valence-electron chi connectivity index (χ1n) is 6.87. The summed E-state index contributed by atoms with van der Waals surface area (Å²) >= 11 is 0. The molecule has 0 aromatic heterocycles. The fourth-order valence-electron chi connectivity index (χ4n) is 1.31. The zero-order valence-electron chi connectivity index (χ0n) is 12.0. The Morgan fingerprint density at radius 3 is 1.44 bits per heavy atom. The van der Waals surface area contributed by atoms with E-state index in [1.807, 2.05) is 13.8 Å². The second kappa shape index (κ2) is 9.92. The SMILES string of the molecule is CCCCOC(=O)C(C)C(C)C(=O)OCCCC. The van der Waals surface area contributed by atoms with Crippen LogP contribution in [0.2, 0.25) is 0 Å². The maximum Gasteiger partial charge on any atom is 0.309 e. The lowest BCUT2D eigenvalue weighted by Crippen LogP contribution is -2.29. The van der Waals surface area contributed by atoms with Crippen LogP contribution in [0.5, 0.6) is 0 Å². The molecule has 0 rings (SSSR count). The molecule has 4 heteroatoms. The van der Waals surface area contributed by atoms with Crippen molar-refractivity contribution in [3.63, 3.8) is 0 Å². The molecule has 0 heterocycles. The second-order valence-corrected chi connectivity index (χ2v) is 4.62. The summed E-state index contributed by atoms with van der Waals surface area (Å²) in [7, 11) is 0. The topological polar surface area (TPSA) is 52.6 Å². The Balaban J connectivity index is 4.02. The average molecular weight is 258 g/mol. The molecule has 2 unspecified atom stereocenters. The summed E-state index contributed by atoms with van der Waals surface area (Å²) < 4.78 is 10.2. The van der Waals surface area contributed by atoms with E-state index in [1.165, 1.54) is 0 Å². The number of ether oxygens (including phenoxy) is 2. The van der Waals surface area contributed by atoms with Gasteiger partial charge < -0.3 is 9.47 Å². The lowest BCUT2D eigenvalue weighted by Gasteiger charge is -2.17. The van der Waals surface area contributed by atoms with Crippen LogP contribution in [0.3, 0.4) is 0 Å². The van der Waals surface area contributed by atoms with Gasteiger partial charge in [-0.3, -0.25) is 9.59 Å². The van der Waals surface area contributed by atoms with E-state index >= 15 is 0 Å². The van der Waals surface area contributed by atoms with Crippen LogP contribution in [-0.2, 0) is 19.1 Å². The Morgan fingerprint density at radius 2 is 1.17 bits per heavy atom. The molecular formula is C14H26O4. The van der Waals surface area contributed by atoms with Gasteiger partial charge in [-0.25, -0.2) is 0 Å². The van der Waals surface area contributed by atoms with Gasteiger partial charge in [0.2, 0.25) is 0 Å². The molecule has 0 amide bonds. The Bertz CT molecular complexity index is 224. The average Bonchev–Trinajstić information content (AvgIpc) is 2.37. The van der Waals surface area contributed by atoms with Crippen molar-refractivity contribution < 1.29 is 19.1 Å². The number of rotatable bonds is 9. The van der Waals surface area contributed by atoms with E-state index in [9.17, 15) is 9.59 Å². The Morgan fingerprint density at radius 1 is 0.833 bits per heavy atom. The summed E-state index contributed by atoms with van der Waals surface area (Å²) in [4.78, 5) is 23.3.